The number of halogens is 1. The molecule has 0 fully saturated rings. The lowest BCUT2D eigenvalue weighted by molar-refractivity contribution is -0.145. The molecule has 0 saturated carbocycles. The Morgan fingerprint density at radius 1 is 1.19 bits per heavy atom. The normalized spacial score (nSPS) is 11.8. The molecule has 0 aliphatic heterocycles. The van der Waals surface area contributed by atoms with Crippen LogP contribution in [0, 0.1) is 5.82 Å². The third-order valence-electron chi connectivity index (χ3n) is 3.73. The van der Waals surface area contributed by atoms with Gasteiger partial charge in [0.25, 0.3) is 0 Å². The second-order valence-corrected chi connectivity index (χ2v) is 5.83. The van der Waals surface area contributed by atoms with Crippen LogP contribution in [0.2, 0.25) is 0 Å². The van der Waals surface area contributed by atoms with Gasteiger partial charge in [-0.3, -0.25) is 0 Å². The van der Waals surface area contributed by atoms with Gasteiger partial charge in [0.1, 0.15) is 17.3 Å². The number of benzene rings is 2. The van der Waals surface area contributed by atoms with Crippen LogP contribution in [0.5, 0.6) is 11.5 Å². The molecular weight excluding hydrogens is 337 g/mol. The minimum absolute atomic E-state index is 0.279. The second kappa shape index (κ2) is 10.4. The van der Waals surface area contributed by atoms with Gasteiger partial charge >= 0.3 is 5.97 Å². The summed E-state index contributed by atoms with van der Waals surface area (Å²) in [6.45, 7) is 3.73. The van der Waals surface area contributed by atoms with Crippen LogP contribution in [0.25, 0.3) is 0 Å². The van der Waals surface area contributed by atoms with Gasteiger partial charge in [0, 0.05) is 6.54 Å². The molecule has 0 spiro atoms. The maximum atomic E-state index is 12.8. The van der Waals surface area contributed by atoms with Crippen molar-refractivity contribution in [3.63, 3.8) is 0 Å². The fourth-order valence-corrected chi connectivity index (χ4v) is 2.35. The van der Waals surface area contributed by atoms with E-state index >= 15 is 0 Å². The predicted molar refractivity (Wildman–Crippen MR) is 97.0 cm³/mol. The summed E-state index contributed by atoms with van der Waals surface area (Å²) in [4.78, 5) is 11.0. The highest BCUT2D eigenvalue weighted by Crippen LogP contribution is 2.16. The predicted octanol–water partition coefficient (Wildman–Crippen LogP) is 3.63. The average molecular weight is 361 g/mol. The zero-order valence-electron chi connectivity index (χ0n) is 14.8. The number of nitrogens with one attached hydrogen (secondary N) is 1. The van der Waals surface area contributed by atoms with E-state index in [1.165, 1.54) is 12.1 Å². The minimum Gasteiger partial charge on any atom is -0.494 e. The highest BCUT2D eigenvalue weighted by molar-refractivity contribution is 5.72. The van der Waals surface area contributed by atoms with E-state index in [0.29, 0.717) is 31.1 Å². The quantitative estimate of drug-likeness (QED) is 0.598. The number of aliphatic carboxylic acids is 1. The van der Waals surface area contributed by atoms with E-state index in [9.17, 15) is 9.18 Å². The van der Waals surface area contributed by atoms with E-state index in [1.807, 2.05) is 18.2 Å². The van der Waals surface area contributed by atoms with Gasteiger partial charge in [0.05, 0.1) is 6.61 Å². The molecule has 2 rings (SSSR count). The molecule has 0 radical (unpaired) electrons. The molecule has 5 nitrogen and oxygen atoms in total. The summed E-state index contributed by atoms with van der Waals surface area (Å²) in [6.07, 6.45) is 0.387. The summed E-state index contributed by atoms with van der Waals surface area (Å²) in [7, 11) is 0. The first kappa shape index (κ1) is 19.7. The van der Waals surface area contributed by atoms with Crippen LogP contribution < -0.4 is 14.8 Å². The fraction of sp³-hybridized carbons (Fsp3) is 0.350. The number of carboxylic acids is 1. The molecule has 0 aromatic heterocycles. The van der Waals surface area contributed by atoms with Crippen molar-refractivity contribution in [1.82, 2.24) is 5.32 Å². The van der Waals surface area contributed by atoms with E-state index in [1.54, 1.807) is 25.1 Å². The third-order valence-corrected chi connectivity index (χ3v) is 3.73. The monoisotopic (exact) mass is 361 g/mol. The largest absolute Gasteiger partial charge is 0.494 e. The third kappa shape index (κ3) is 6.72. The van der Waals surface area contributed by atoms with Crippen molar-refractivity contribution in [1.29, 1.82) is 0 Å². The highest BCUT2D eigenvalue weighted by Gasteiger charge is 2.16. The van der Waals surface area contributed by atoms with E-state index in [0.717, 1.165) is 18.5 Å². The van der Waals surface area contributed by atoms with Crippen LogP contribution >= 0.6 is 0 Å². The number of ether oxygens (including phenoxy) is 2. The van der Waals surface area contributed by atoms with Crippen molar-refractivity contribution in [2.75, 3.05) is 13.2 Å². The molecule has 1 atom stereocenters. The first-order chi connectivity index (χ1) is 12.6. The molecule has 2 aromatic carbocycles. The first-order valence-electron chi connectivity index (χ1n) is 8.66. The van der Waals surface area contributed by atoms with Gasteiger partial charge in [-0.1, -0.05) is 19.1 Å². The van der Waals surface area contributed by atoms with Crippen LogP contribution in [0.4, 0.5) is 4.39 Å². The average Bonchev–Trinajstić information content (AvgIpc) is 2.64. The minimum atomic E-state index is -0.961. The fourth-order valence-electron chi connectivity index (χ4n) is 2.35. The van der Waals surface area contributed by atoms with Crippen molar-refractivity contribution in [2.45, 2.75) is 32.4 Å². The van der Waals surface area contributed by atoms with Crippen LogP contribution in [0.3, 0.4) is 0 Å². The van der Waals surface area contributed by atoms with Crippen molar-refractivity contribution in [3.05, 3.63) is 59.9 Å². The van der Waals surface area contributed by atoms with E-state index in [-0.39, 0.29) is 5.82 Å². The van der Waals surface area contributed by atoms with Crippen LogP contribution in [0.1, 0.15) is 25.3 Å². The number of carbonyl (C=O) groups is 1. The van der Waals surface area contributed by atoms with Crippen LogP contribution in [-0.2, 0) is 11.3 Å². The Morgan fingerprint density at radius 3 is 2.65 bits per heavy atom. The Labute approximate surface area is 152 Å². The zero-order chi connectivity index (χ0) is 18.8. The zero-order valence-corrected chi connectivity index (χ0v) is 14.8. The molecule has 1 unspecified atom stereocenters. The molecule has 2 aromatic rings. The smallest absolute Gasteiger partial charge is 0.344 e. The molecule has 0 heterocycles. The molecule has 6 heteroatoms. The second-order valence-electron chi connectivity index (χ2n) is 5.83. The van der Waals surface area contributed by atoms with Gasteiger partial charge < -0.3 is 19.9 Å². The summed E-state index contributed by atoms with van der Waals surface area (Å²) in [5, 5.41) is 12.4. The number of hydrogen-bond acceptors (Lipinski definition) is 4. The van der Waals surface area contributed by atoms with Gasteiger partial charge in [-0.05, 0) is 61.3 Å². The summed E-state index contributed by atoms with van der Waals surface area (Å²) in [5.41, 5.74) is 1.02. The van der Waals surface area contributed by atoms with Crippen molar-refractivity contribution in [2.24, 2.45) is 0 Å². The number of carboxylic acid groups (broad SMARTS) is 1. The Balaban J connectivity index is 1.68. The lowest BCUT2D eigenvalue weighted by Crippen LogP contribution is -2.26. The molecule has 0 saturated heterocycles. The summed E-state index contributed by atoms with van der Waals surface area (Å²) in [5.74, 6) is -0.0330. The van der Waals surface area contributed by atoms with E-state index in [4.69, 9.17) is 14.6 Å². The standard InChI is InChI=1S/C20H24FNO4/c1-2-19(20(23)24)26-18-6-3-5-15(13-18)14-22-11-4-12-25-17-9-7-16(21)8-10-17/h3,5-10,13,19,22H,2,4,11-12,14H2,1H3,(H,23,24). The Morgan fingerprint density at radius 2 is 1.96 bits per heavy atom. The van der Waals surface area contributed by atoms with Gasteiger partial charge in [0.15, 0.2) is 6.10 Å². The van der Waals surface area contributed by atoms with Crippen molar-refractivity contribution >= 4 is 5.97 Å². The van der Waals surface area contributed by atoms with Crippen LogP contribution in [0.15, 0.2) is 48.5 Å². The molecule has 0 bridgehead atoms. The van der Waals surface area contributed by atoms with Gasteiger partial charge in [0.2, 0.25) is 0 Å². The van der Waals surface area contributed by atoms with Crippen LogP contribution in [-0.4, -0.2) is 30.3 Å². The molecule has 0 aliphatic carbocycles. The molecule has 0 amide bonds. The Hall–Kier alpha value is -2.60. The van der Waals surface area contributed by atoms with Crippen molar-refractivity contribution in [3.8, 4) is 11.5 Å². The number of rotatable bonds is 11. The van der Waals surface area contributed by atoms with E-state index < -0.39 is 12.1 Å². The maximum Gasteiger partial charge on any atom is 0.344 e. The molecular formula is C20H24FNO4. The molecule has 140 valence electrons. The Kier molecular flexibility index (Phi) is 7.89. The summed E-state index contributed by atoms with van der Waals surface area (Å²) < 4.78 is 23.8. The first-order valence-corrected chi connectivity index (χ1v) is 8.66. The number of hydrogen-bond donors (Lipinski definition) is 2. The lowest BCUT2D eigenvalue weighted by Gasteiger charge is -2.14. The summed E-state index contributed by atoms with van der Waals surface area (Å²) in [6, 6.07) is 13.4. The van der Waals surface area contributed by atoms with Gasteiger partial charge in [-0.2, -0.15) is 0 Å². The maximum absolute atomic E-state index is 12.8. The topological polar surface area (TPSA) is 67.8 Å². The lowest BCUT2D eigenvalue weighted by atomic mass is 10.2. The van der Waals surface area contributed by atoms with E-state index in [2.05, 4.69) is 5.32 Å². The SMILES string of the molecule is CCC(Oc1cccc(CNCCCOc2ccc(F)cc2)c1)C(=O)O. The summed E-state index contributed by atoms with van der Waals surface area (Å²) >= 11 is 0. The highest BCUT2D eigenvalue weighted by atomic mass is 19.1. The Bertz CT molecular complexity index is 690. The van der Waals surface area contributed by atoms with Crippen molar-refractivity contribution < 1.29 is 23.8 Å². The molecule has 2 N–H and O–H groups in total. The molecule has 26 heavy (non-hydrogen) atoms. The van der Waals surface area contributed by atoms with Gasteiger partial charge in [-0.25, -0.2) is 9.18 Å². The molecule has 0 aliphatic rings. The van der Waals surface area contributed by atoms with Gasteiger partial charge in [-0.15, -0.1) is 0 Å².